The predicted octanol–water partition coefficient (Wildman–Crippen LogP) is 7.80. The summed E-state index contributed by atoms with van der Waals surface area (Å²) in [5, 5.41) is 10.8. The second-order valence-corrected chi connectivity index (χ2v) is 9.26. The van der Waals surface area contributed by atoms with Gasteiger partial charge < -0.3 is 5.11 Å². The van der Waals surface area contributed by atoms with E-state index in [0.717, 1.165) is 33.7 Å². The number of alkyl halides is 3. The Bertz CT molecular complexity index is 1150. The van der Waals surface area contributed by atoms with Gasteiger partial charge in [0.15, 0.2) is 5.78 Å². The molecule has 1 atom stereocenters. The van der Waals surface area contributed by atoms with Gasteiger partial charge in [-0.2, -0.15) is 13.2 Å². The van der Waals surface area contributed by atoms with Crippen LogP contribution in [0.1, 0.15) is 30.4 Å². The number of Topliss-reactive ketones (excluding diaryl/α,β-unsaturated/α-hetero) is 1. The summed E-state index contributed by atoms with van der Waals surface area (Å²) in [7, 11) is 0. The van der Waals surface area contributed by atoms with E-state index in [4.69, 9.17) is 0 Å². The Morgan fingerprint density at radius 1 is 0.848 bits per heavy atom. The number of aliphatic hydroxyl groups is 1. The van der Waals surface area contributed by atoms with E-state index in [1.165, 1.54) is 23.9 Å². The Morgan fingerprint density at radius 3 is 2.12 bits per heavy atom. The highest BCUT2D eigenvalue weighted by molar-refractivity contribution is 7.99. The average Bonchev–Trinajstić information content (AvgIpc) is 2.79. The Balaban J connectivity index is 1.43. The van der Waals surface area contributed by atoms with Crippen molar-refractivity contribution in [1.82, 2.24) is 0 Å². The molecule has 0 radical (unpaired) electrons. The predicted molar refractivity (Wildman–Crippen MR) is 126 cm³/mol. The summed E-state index contributed by atoms with van der Waals surface area (Å²) >= 11 is 1.46. The van der Waals surface area contributed by atoms with Crippen molar-refractivity contribution in [1.29, 1.82) is 0 Å². The maximum absolute atomic E-state index is 13.0. The molecule has 4 rings (SSSR count). The van der Waals surface area contributed by atoms with Crippen LogP contribution in [0.5, 0.6) is 0 Å². The highest BCUT2D eigenvalue weighted by Gasteiger charge is 2.31. The number of hydrogen-bond donors (Lipinski definition) is 1. The quantitative estimate of drug-likeness (QED) is 0.375. The van der Waals surface area contributed by atoms with Crippen molar-refractivity contribution >= 4 is 23.1 Å². The molecule has 3 aromatic carbocycles. The van der Waals surface area contributed by atoms with Crippen LogP contribution < -0.4 is 0 Å². The molecule has 0 heterocycles. The fourth-order valence-electron chi connectivity index (χ4n) is 4.14. The zero-order chi connectivity index (χ0) is 23.4. The van der Waals surface area contributed by atoms with Crippen molar-refractivity contribution in [2.24, 2.45) is 5.92 Å². The van der Waals surface area contributed by atoms with Gasteiger partial charge in [0.1, 0.15) is 5.76 Å². The minimum Gasteiger partial charge on any atom is -0.512 e. The number of benzene rings is 3. The first-order valence-electron chi connectivity index (χ1n) is 10.7. The van der Waals surface area contributed by atoms with Gasteiger partial charge in [-0.3, -0.25) is 4.79 Å². The Labute approximate surface area is 195 Å². The number of halogens is 3. The molecule has 0 spiro atoms. The monoisotopic (exact) mass is 468 g/mol. The van der Waals surface area contributed by atoms with Gasteiger partial charge in [0.2, 0.25) is 0 Å². The standard InChI is InChI=1S/C27H23F3O2S/c28-27(29,30)20-10-12-21(13-11-20)33-15-14-18-16-24(31)26(25(32)17-18)23-9-5-4-8-22(23)19-6-2-1-3-7-19/h1-13,18,31H,14-17H2. The number of carbonyl (C=O) groups excluding carboxylic acids is 1. The molecule has 2 nitrogen and oxygen atoms in total. The fraction of sp³-hybridized carbons (Fsp3) is 0.222. The average molecular weight is 469 g/mol. The molecule has 0 fully saturated rings. The normalized spacial score (nSPS) is 16.8. The maximum Gasteiger partial charge on any atom is 0.416 e. The van der Waals surface area contributed by atoms with Crippen LogP contribution in [0.15, 0.2) is 89.5 Å². The molecule has 6 heteroatoms. The summed E-state index contributed by atoms with van der Waals surface area (Å²) in [5.74, 6) is 0.699. The van der Waals surface area contributed by atoms with E-state index in [1.807, 2.05) is 54.6 Å². The second kappa shape index (κ2) is 9.87. The largest absolute Gasteiger partial charge is 0.512 e. The Kier molecular flexibility index (Phi) is 6.94. The lowest BCUT2D eigenvalue weighted by molar-refractivity contribution is -0.137. The summed E-state index contributed by atoms with van der Waals surface area (Å²) in [6.45, 7) is 0. The van der Waals surface area contributed by atoms with E-state index < -0.39 is 11.7 Å². The van der Waals surface area contributed by atoms with Crippen LogP contribution in [0.3, 0.4) is 0 Å². The van der Waals surface area contributed by atoms with Gasteiger partial charge >= 0.3 is 6.18 Å². The number of thioether (sulfide) groups is 1. The molecule has 0 bridgehead atoms. The molecule has 1 aliphatic rings. The molecule has 0 aromatic heterocycles. The summed E-state index contributed by atoms with van der Waals surface area (Å²) < 4.78 is 38.1. The third kappa shape index (κ3) is 5.50. The first-order chi connectivity index (χ1) is 15.8. The third-order valence-electron chi connectivity index (χ3n) is 5.78. The van der Waals surface area contributed by atoms with Crippen molar-refractivity contribution < 1.29 is 23.1 Å². The highest BCUT2D eigenvalue weighted by atomic mass is 32.2. The minimum atomic E-state index is -4.34. The lowest BCUT2D eigenvalue weighted by Crippen LogP contribution is -2.19. The van der Waals surface area contributed by atoms with Crippen molar-refractivity contribution in [2.75, 3.05) is 5.75 Å². The van der Waals surface area contributed by atoms with Crippen molar-refractivity contribution in [3.8, 4) is 11.1 Å². The number of carbonyl (C=O) groups is 1. The van der Waals surface area contributed by atoms with Crippen molar-refractivity contribution in [3.05, 3.63) is 95.7 Å². The zero-order valence-electron chi connectivity index (χ0n) is 17.8. The van der Waals surface area contributed by atoms with Crippen LogP contribution in [0.4, 0.5) is 13.2 Å². The van der Waals surface area contributed by atoms with E-state index in [0.29, 0.717) is 30.6 Å². The molecule has 170 valence electrons. The minimum absolute atomic E-state index is 0.00656. The van der Waals surface area contributed by atoms with E-state index in [-0.39, 0.29) is 17.5 Å². The highest BCUT2D eigenvalue weighted by Crippen LogP contribution is 2.38. The maximum atomic E-state index is 13.0. The van der Waals surface area contributed by atoms with Crippen LogP contribution in [-0.2, 0) is 11.0 Å². The molecule has 0 saturated carbocycles. The van der Waals surface area contributed by atoms with Gasteiger partial charge in [0.25, 0.3) is 0 Å². The summed E-state index contributed by atoms with van der Waals surface area (Å²) in [5.41, 5.74) is 2.36. The summed E-state index contributed by atoms with van der Waals surface area (Å²) in [6.07, 6.45) is -2.89. The SMILES string of the molecule is O=C1CC(CCSc2ccc(C(F)(F)F)cc2)CC(O)=C1c1ccccc1-c1ccccc1. The smallest absolute Gasteiger partial charge is 0.416 e. The van der Waals surface area contributed by atoms with E-state index in [2.05, 4.69) is 0 Å². The van der Waals surface area contributed by atoms with Gasteiger partial charge in [-0.1, -0.05) is 54.6 Å². The molecule has 1 N–H and O–H groups in total. The number of allylic oxidation sites excluding steroid dienone is 2. The topological polar surface area (TPSA) is 37.3 Å². The Morgan fingerprint density at radius 2 is 1.48 bits per heavy atom. The number of rotatable bonds is 6. The lowest BCUT2D eigenvalue weighted by Gasteiger charge is -2.24. The molecule has 1 unspecified atom stereocenters. The molecule has 1 aliphatic carbocycles. The van der Waals surface area contributed by atoms with Crippen LogP contribution >= 0.6 is 11.8 Å². The van der Waals surface area contributed by atoms with Gasteiger partial charge in [0, 0.05) is 17.7 Å². The van der Waals surface area contributed by atoms with E-state index in [1.54, 1.807) is 0 Å². The van der Waals surface area contributed by atoms with Gasteiger partial charge in [-0.15, -0.1) is 11.8 Å². The fourth-order valence-corrected chi connectivity index (χ4v) is 5.15. The molecule has 0 amide bonds. The molecule has 33 heavy (non-hydrogen) atoms. The van der Waals surface area contributed by atoms with Crippen LogP contribution in [0.25, 0.3) is 16.7 Å². The number of hydrogen-bond acceptors (Lipinski definition) is 3. The third-order valence-corrected chi connectivity index (χ3v) is 6.83. The van der Waals surface area contributed by atoms with Gasteiger partial charge in [0.05, 0.1) is 11.1 Å². The molecule has 0 saturated heterocycles. The van der Waals surface area contributed by atoms with Gasteiger partial charge in [-0.05, 0) is 59.0 Å². The van der Waals surface area contributed by atoms with Crippen molar-refractivity contribution in [3.63, 3.8) is 0 Å². The van der Waals surface area contributed by atoms with E-state index >= 15 is 0 Å². The Hall–Kier alpha value is -2.99. The number of ketones is 1. The first-order valence-corrected chi connectivity index (χ1v) is 11.7. The molecule has 0 aliphatic heterocycles. The van der Waals surface area contributed by atoms with Crippen LogP contribution in [0.2, 0.25) is 0 Å². The van der Waals surface area contributed by atoms with Crippen molar-refractivity contribution in [2.45, 2.75) is 30.3 Å². The zero-order valence-corrected chi connectivity index (χ0v) is 18.6. The molecule has 3 aromatic rings. The molecular formula is C27H23F3O2S. The van der Waals surface area contributed by atoms with Crippen LogP contribution in [-0.4, -0.2) is 16.6 Å². The molecular weight excluding hydrogens is 445 g/mol. The van der Waals surface area contributed by atoms with E-state index in [9.17, 15) is 23.1 Å². The second-order valence-electron chi connectivity index (χ2n) is 8.09. The lowest BCUT2D eigenvalue weighted by atomic mass is 9.81. The first kappa shape index (κ1) is 23.2. The van der Waals surface area contributed by atoms with Gasteiger partial charge in [-0.25, -0.2) is 0 Å². The number of aliphatic hydroxyl groups excluding tert-OH is 1. The summed E-state index contributed by atoms with van der Waals surface area (Å²) in [4.78, 5) is 13.8. The summed E-state index contributed by atoms with van der Waals surface area (Å²) in [6, 6.07) is 22.5. The van der Waals surface area contributed by atoms with Crippen LogP contribution in [0, 0.1) is 5.92 Å².